The second kappa shape index (κ2) is 5.43. The summed E-state index contributed by atoms with van der Waals surface area (Å²) in [6.45, 7) is 2.15. The van der Waals surface area contributed by atoms with Crippen LogP contribution in [-0.4, -0.2) is 17.6 Å². The number of aromatic nitrogens is 1. The van der Waals surface area contributed by atoms with Gasteiger partial charge in [0.2, 0.25) is 0 Å². The van der Waals surface area contributed by atoms with Crippen molar-refractivity contribution in [1.29, 1.82) is 0 Å². The third-order valence-electron chi connectivity index (χ3n) is 3.01. The summed E-state index contributed by atoms with van der Waals surface area (Å²) in [5, 5.41) is 4.89. The molecule has 0 saturated carbocycles. The van der Waals surface area contributed by atoms with E-state index in [1.807, 2.05) is 24.3 Å². The number of esters is 1. The molecule has 0 saturated heterocycles. The molecule has 0 N–H and O–H groups in total. The first-order valence-corrected chi connectivity index (χ1v) is 7.28. The van der Waals surface area contributed by atoms with Gasteiger partial charge in [-0.15, -0.1) is 11.3 Å². The van der Waals surface area contributed by atoms with Gasteiger partial charge in [0.1, 0.15) is 5.01 Å². The molecule has 0 radical (unpaired) electrons. The van der Waals surface area contributed by atoms with Gasteiger partial charge in [0.05, 0.1) is 6.61 Å². The minimum Gasteiger partial charge on any atom is -0.461 e. The maximum absolute atomic E-state index is 11.7. The van der Waals surface area contributed by atoms with Crippen LogP contribution in [0.3, 0.4) is 0 Å². The van der Waals surface area contributed by atoms with E-state index in [9.17, 15) is 4.79 Å². The fourth-order valence-corrected chi connectivity index (χ4v) is 2.94. The summed E-state index contributed by atoms with van der Waals surface area (Å²) in [6.07, 6.45) is 0. The molecule has 3 aromatic rings. The second-order valence-corrected chi connectivity index (χ2v) is 5.14. The van der Waals surface area contributed by atoms with Crippen LogP contribution in [-0.2, 0) is 4.74 Å². The average Bonchev–Trinajstić information content (AvgIpc) is 2.97. The standard InChI is InChI=1S/C16H13NO2S/c1-2-19-16(18)14-10-20-15(17-14)13-9-5-7-11-6-3-4-8-12(11)13/h3-10H,2H2,1H3. The molecule has 20 heavy (non-hydrogen) atoms. The van der Waals surface area contributed by atoms with E-state index in [0.717, 1.165) is 21.3 Å². The van der Waals surface area contributed by atoms with Crippen LogP contribution in [0, 0.1) is 0 Å². The Labute approximate surface area is 120 Å². The summed E-state index contributed by atoms with van der Waals surface area (Å²) in [4.78, 5) is 16.1. The zero-order valence-electron chi connectivity index (χ0n) is 11.0. The van der Waals surface area contributed by atoms with Gasteiger partial charge < -0.3 is 4.74 Å². The van der Waals surface area contributed by atoms with Gasteiger partial charge in [0.25, 0.3) is 0 Å². The third kappa shape index (κ3) is 2.30. The molecule has 0 fully saturated rings. The highest BCUT2D eigenvalue weighted by molar-refractivity contribution is 7.13. The summed E-state index contributed by atoms with van der Waals surface area (Å²) in [6, 6.07) is 14.2. The predicted molar refractivity (Wildman–Crippen MR) is 81.0 cm³/mol. The number of nitrogens with zero attached hydrogens (tertiary/aromatic N) is 1. The lowest BCUT2D eigenvalue weighted by molar-refractivity contribution is 0.0520. The molecule has 0 aliphatic carbocycles. The van der Waals surface area contributed by atoms with Gasteiger partial charge in [-0.1, -0.05) is 42.5 Å². The molecule has 0 atom stereocenters. The van der Waals surface area contributed by atoms with Crippen molar-refractivity contribution in [2.75, 3.05) is 6.61 Å². The van der Waals surface area contributed by atoms with E-state index in [4.69, 9.17) is 4.74 Å². The van der Waals surface area contributed by atoms with Gasteiger partial charge in [-0.05, 0) is 17.7 Å². The van der Waals surface area contributed by atoms with Crippen molar-refractivity contribution in [2.45, 2.75) is 6.92 Å². The Bertz CT molecular complexity index is 759. The van der Waals surface area contributed by atoms with Crippen LogP contribution in [0.15, 0.2) is 47.8 Å². The van der Waals surface area contributed by atoms with Crippen molar-refractivity contribution in [3.8, 4) is 10.6 Å². The van der Waals surface area contributed by atoms with E-state index >= 15 is 0 Å². The lowest BCUT2D eigenvalue weighted by Crippen LogP contribution is -2.04. The molecule has 3 nitrogen and oxygen atoms in total. The van der Waals surface area contributed by atoms with E-state index in [-0.39, 0.29) is 5.97 Å². The number of ether oxygens (including phenoxy) is 1. The molecule has 0 bridgehead atoms. The normalized spacial score (nSPS) is 10.7. The first-order valence-electron chi connectivity index (χ1n) is 6.40. The van der Waals surface area contributed by atoms with Crippen molar-refractivity contribution >= 4 is 28.1 Å². The Hall–Kier alpha value is -2.20. The first-order chi connectivity index (χ1) is 9.79. The van der Waals surface area contributed by atoms with E-state index in [0.29, 0.717) is 12.3 Å². The number of hydrogen-bond donors (Lipinski definition) is 0. The highest BCUT2D eigenvalue weighted by Crippen LogP contribution is 2.30. The number of carbonyl (C=O) groups is 1. The molecule has 1 heterocycles. The summed E-state index contributed by atoms with van der Waals surface area (Å²) >= 11 is 1.46. The molecule has 100 valence electrons. The zero-order valence-corrected chi connectivity index (χ0v) is 11.8. The molecule has 0 spiro atoms. The molecular weight excluding hydrogens is 270 g/mol. The predicted octanol–water partition coefficient (Wildman–Crippen LogP) is 4.14. The summed E-state index contributed by atoms with van der Waals surface area (Å²) in [7, 11) is 0. The fourth-order valence-electron chi connectivity index (χ4n) is 2.11. The Balaban J connectivity index is 2.06. The number of thiazole rings is 1. The SMILES string of the molecule is CCOC(=O)c1csc(-c2cccc3ccccc23)n1. The monoisotopic (exact) mass is 283 g/mol. The third-order valence-corrected chi connectivity index (χ3v) is 3.88. The van der Waals surface area contributed by atoms with Crippen molar-refractivity contribution in [2.24, 2.45) is 0 Å². The molecule has 2 aromatic carbocycles. The van der Waals surface area contributed by atoms with E-state index in [1.165, 1.54) is 11.3 Å². The maximum Gasteiger partial charge on any atom is 0.357 e. The highest BCUT2D eigenvalue weighted by Gasteiger charge is 2.13. The molecular formula is C16H13NO2S. The minimum absolute atomic E-state index is 0.361. The molecule has 0 aliphatic heterocycles. The van der Waals surface area contributed by atoms with Gasteiger partial charge in [-0.2, -0.15) is 0 Å². The van der Waals surface area contributed by atoms with Crippen molar-refractivity contribution in [1.82, 2.24) is 4.98 Å². The fraction of sp³-hybridized carbons (Fsp3) is 0.125. The Morgan fingerprint density at radius 1 is 1.20 bits per heavy atom. The minimum atomic E-state index is -0.366. The van der Waals surface area contributed by atoms with E-state index in [1.54, 1.807) is 12.3 Å². The van der Waals surface area contributed by atoms with Crippen molar-refractivity contribution < 1.29 is 9.53 Å². The lowest BCUT2D eigenvalue weighted by atomic mass is 10.1. The maximum atomic E-state index is 11.7. The lowest BCUT2D eigenvalue weighted by Gasteiger charge is -2.03. The largest absolute Gasteiger partial charge is 0.461 e. The smallest absolute Gasteiger partial charge is 0.357 e. The van der Waals surface area contributed by atoms with E-state index in [2.05, 4.69) is 23.2 Å². The van der Waals surface area contributed by atoms with Crippen LogP contribution in [0.25, 0.3) is 21.3 Å². The zero-order chi connectivity index (χ0) is 13.9. The molecule has 4 heteroatoms. The number of fused-ring (bicyclic) bond motifs is 1. The Morgan fingerprint density at radius 3 is 2.85 bits per heavy atom. The van der Waals surface area contributed by atoms with Crippen molar-refractivity contribution in [3.63, 3.8) is 0 Å². The molecule has 0 aliphatic rings. The van der Waals surface area contributed by atoms with Crippen LogP contribution in [0.2, 0.25) is 0 Å². The second-order valence-electron chi connectivity index (χ2n) is 4.29. The Kier molecular flexibility index (Phi) is 3.48. The van der Waals surface area contributed by atoms with Gasteiger partial charge in [-0.25, -0.2) is 9.78 Å². The van der Waals surface area contributed by atoms with Crippen LogP contribution in [0.1, 0.15) is 17.4 Å². The van der Waals surface area contributed by atoms with Crippen LogP contribution in [0.5, 0.6) is 0 Å². The van der Waals surface area contributed by atoms with Gasteiger partial charge in [0.15, 0.2) is 5.69 Å². The van der Waals surface area contributed by atoms with Crippen LogP contribution in [0.4, 0.5) is 0 Å². The average molecular weight is 283 g/mol. The number of rotatable bonds is 3. The van der Waals surface area contributed by atoms with Crippen molar-refractivity contribution in [3.05, 3.63) is 53.5 Å². The molecule has 1 aromatic heterocycles. The molecule has 3 rings (SSSR count). The number of carbonyl (C=O) groups excluding carboxylic acids is 1. The molecule has 0 unspecified atom stereocenters. The number of benzene rings is 2. The summed E-state index contributed by atoms with van der Waals surface area (Å²) < 4.78 is 4.97. The highest BCUT2D eigenvalue weighted by atomic mass is 32.1. The van der Waals surface area contributed by atoms with Gasteiger partial charge >= 0.3 is 5.97 Å². The topological polar surface area (TPSA) is 39.2 Å². The van der Waals surface area contributed by atoms with Gasteiger partial charge in [0, 0.05) is 10.9 Å². The summed E-state index contributed by atoms with van der Waals surface area (Å²) in [5.74, 6) is -0.366. The van der Waals surface area contributed by atoms with Crippen LogP contribution >= 0.6 is 11.3 Å². The Morgan fingerprint density at radius 2 is 2.00 bits per heavy atom. The molecule has 0 amide bonds. The van der Waals surface area contributed by atoms with Gasteiger partial charge in [-0.3, -0.25) is 0 Å². The van der Waals surface area contributed by atoms with Crippen LogP contribution < -0.4 is 0 Å². The van der Waals surface area contributed by atoms with E-state index < -0.39 is 0 Å². The summed E-state index contributed by atoms with van der Waals surface area (Å²) in [5.41, 5.74) is 1.42. The first kappa shape index (κ1) is 12.8. The quantitative estimate of drug-likeness (QED) is 0.678. The number of hydrogen-bond acceptors (Lipinski definition) is 4.